The van der Waals surface area contributed by atoms with Gasteiger partial charge in [-0.2, -0.15) is 10.5 Å². The van der Waals surface area contributed by atoms with Crippen molar-refractivity contribution in [3.63, 3.8) is 0 Å². The summed E-state index contributed by atoms with van der Waals surface area (Å²) < 4.78 is 11.1. The first-order valence-corrected chi connectivity index (χ1v) is 11.7. The van der Waals surface area contributed by atoms with Gasteiger partial charge < -0.3 is 9.16 Å². The van der Waals surface area contributed by atoms with Gasteiger partial charge in [0, 0.05) is 6.61 Å². The van der Waals surface area contributed by atoms with Crippen molar-refractivity contribution in [2.75, 3.05) is 13.7 Å². The highest BCUT2D eigenvalue weighted by molar-refractivity contribution is 6.74. The zero-order valence-electron chi connectivity index (χ0n) is 16.3. The third-order valence-corrected chi connectivity index (χ3v) is 10.1. The van der Waals surface area contributed by atoms with Gasteiger partial charge in [0.05, 0.1) is 12.7 Å². The average Bonchev–Trinajstić information content (AvgIpc) is 2.56. The molecule has 0 atom stereocenters. The predicted octanol–water partition coefficient (Wildman–Crippen LogP) is 4.33. The summed E-state index contributed by atoms with van der Waals surface area (Å²) in [6.45, 7) is 12.0. The summed E-state index contributed by atoms with van der Waals surface area (Å²) >= 11 is 0. The highest BCUT2D eigenvalue weighted by atomic mass is 28.4. The minimum Gasteiger partial charge on any atom is -0.466 e. The van der Waals surface area contributed by atoms with Gasteiger partial charge in [0.25, 0.3) is 0 Å². The molecule has 0 saturated heterocycles. The van der Waals surface area contributed by atoms with Gasteiger partial charge in [-0.3, -0.25) is 0 Å². The SMILES string of the molecule is COC(=O)C(=C(C#N)C#N)C1CCC(CO[Si](C)(C)C(C)(C)C)CC1. The molecule has 0 amide bonds. The molecule has 0 heterocycles. The quantitative estimate of drug-likeness (QED) is 0.314. The van der Waals surface area contributed by atoms with E-state index in [1.54, 1.807) is 0 Å². The monoisotopic (exact) mass is 362 g/mol. The lowest BCUT2D eigenvalue weighted by molar-refractivity contribution is -0.137. The van der Waals surface area contributed by atoms with E-state index in [2.05, 4.69) is 33.9 Å². The Morgan fingerprint density at radius 2 is 1.64 bits per heavy atom. The second-order valence-corrected chi connectivity index (χ2v) is 13.1. The van der Waals surface area contributed by atoms with Crippen LogP contribution in [0.1, 0.15) is 46.5 Å². The van der Waals surface area contributed by atoms with Gasteiger partial charge in [0.1, 0.15) is 17.7 Å². The van der Waals surface area contributed by atoms with Crippen LogP contribution < -0.4 is 0 Å². The number of carbonyl (C=O) groups is 1. The Bertz CT molecular complexity index is 582. The number of esters is 1. The molecule has 1 aliphatic rings. The molecule has 0 N–H and O–H groups in total. The van der Waals surface area contributed by atoms with Crippen molar-refractivity contribution in [3.8, 4) is 12.1 Å². The van der Waals surface area contributed by atoms with Gasteiger partial charge in [-0.1, -0.05) is 20.8 Å². The Morgan fingerprint density at radius 3 is 2.04 bits per heavy atom. The number of nitriles is 2. The number of ether oxygens (including phenoxy) is 1. The minimum absolute atomic E-state index is 0.0779. The molecular formula is C19H30N2O3Si. The number of hydrogen-bond acceptors (Lipinski definition) is 5. The van der Waals surface area contributed by atoms with E-state index in [4.69, 9.17) is 19.7 Å². The van der Waals surface area contributed by atoms with Crippen molar-refractivity contribution in [1.82, 2.24) is 0 Å². The molecular weight excluding hydrogens is 332 g/mol. The standard InChI is InChI=1S/C19H30N2O3Si/c1-19(2,3)25(5,6)24-13-14-7-9-15(10-8-14)17(18(22)23-4)16(11-20)12-21/h14-15H,7-10,13H2,1-6H3. The molecule has 0 radical (unpaired) electrons. The molecule has 5 nitrogen and oxygen atoms in total. The fourth-order valence-electron chi connectivity index (χ4n) is 2.89. The number of hydrogen-bond donors (Lipinski definition) is 0. The van der Waals surface area contributed by atoms with Gasteiger partial charge in [-0.25, -0.2) is 4.79 Å². The van der Waals surface area contributed by atoms with Crippen molar-refractivity contribution in [2.24, 2.45) is 11.8 Å². The molecule has 6 heteroatoms. The first kappa shape index (κ1) is 21.4. The molecule has 1 fully saturated rings. The first-order chi connectivity index (χ1) is 11.6. The number of allylic oxidation sites excluding steroid dienone is 1. The molecule has 0 bridgehead atoms. The summed E-state index contributed by atoms with van der Waals surface area (Å²) in [6, 6.07) is 3.67. The average molecular weight is 363 g/mol. The molecule has 0 unspecified atom stereocenters. The van der Waals surface area contributed by atoms with Crippen LogP contribution in [0.5, 0.6) is 0 Å². The minimum atomic E-state index is -1.75. The van der Waals surface area contributed by atoms with Gasteiger partial charge in [-0.05, 0) is 55.7 Å². The molecule has 0 aromatic rings. The summed E-state index contributed by atoms with van der Waals surface area (Å²) in [7, 11) is -0.465. The van der Waals surface area contributed by atoms with Crippen LogP contribution in [0.3, 0.4) is 0 Å². The van der Waals surface area contributed by atoms with Gasteiger partial charge >= 0.3 is 5.97 Å². The zero-order chi connectivity index (χ0) is 19.3. The lowest BCUT2D eigenvalue weighted by Gasteiger charge is -2.38. The molecule has 25 heavy (non-hydrogen) atoms. The van der Waals surface area contributed by atoms with Gasteiger partial charge in [0.15, 0.2) is 8.32 Å². The van der Waals surface area contributed by atoms with E-state index in [0.29, 0.717) is 5.92 Å². The van der Waals surface area contributed by atoms with Crippen LogP contribution in [-0.4, -0.2) is 28.0 Å². The van der Waals surface area contributed by atoms with E-state index < -0.39 is 14.3 Å². The third-order valence-electron chi connectivity index (χ3n) is 5.64. The van der Waals surface area contributed by atoms with E-state index in [1.807, 2.05) is 12.1 Å². The highest BCUT2D eigenvalue weighted by Gasteiger charge is 2.38. The summed E-state index contributed by atoms with van der Waals surface area (Å²) in [4.78, 5) is 12.0. The zero-order valence-corrected chi connectivity index (χ0v) is 17.3. The smallest absolute Gasteiger partial charge is 0.336 e. The highest BCUT2D eigenvalue weighted by Crippen LogP contribution is 2.39. The van der Waals surface area contributed by atoms with Crippen molar-refractivity contribution in [3.05, 3.63) is 11.1 Å². The van der Waals surface area contributed by atoms with Crippen LogP contribution in [0.4, 0.5) is 0 Å². The van der Waals surface area contributed by atoms with Crippen LogP contribution in [0.15, 0.2) is 11.1 Å². The van der Waals surface area contributed by atoms with Crippen molar-refractivity contribution >= 4 is 14.3 Å². The van der Waals surface area contributed by atoms with Gasteiger partial charge in [0.2, 0.25) is 0 Å². The molecule has 138 valence electrons. The largest absolute Gasteiger partial charge is 0.466 e. The maximum absolute atomic E-state index is 12.0. The normalized spacial score (nSPS) is 21.0. The van der Waals surface area contributed by atoms with Crippen molar-refractivity contribution < 1.29 is 14.0 Å². The summed E-state index contributed by atoms with van der Waals surface area (Å²) in [5.41, 5.74) is 0.129. The number of methoxy groups -OCH3 is 1. The van der Waals surface area contributed by atoms with Gasteiger partial charge in [-0.15, -0.1) is 0 Å². The number of carbonyl (C=O) groups excluding carboxylic acids is 1. The van der Waals surface area contributed by atoms with Crippen molar-refractivity contribution in [1.29, 1.82) is 10.5 Å². The Hall–Kier alpha value is -1.63. The molecule has 0 aliphatic heterocycles. The number of rotatable bonds is 5. The summed E-state index contributed by atoms with van der Waals surface area (Å²) in [5, 5.41) is 18.4. The van der Waals surface area contributed by atoms with E-state index in [9.17, 15) is 4.79 Å². The summed E-state index contributed by atoms with van der Waals surface area (Å²) in [6.07, 6.45) is 3.43. The van der Waals surface area contributed by atoms with Crippen LogP contribution in [-0.2, 0) is 14.0 Å². The Labute approximate surface area is 152 Å². The lowest BCUT2D eigenvalue weighted by atomic mass is 9.77. The molecule has 1 aliphatic carbocycles. The van der Waals surface area contributed by atoms with E-state index in [1.165, 1.54) is 7.11 Å². The Morgan fingerprint density at radius 1 is 1.12 bits per heavy atom. The number of nitrogens with zero attached hydrogens (tertiary/aromatic N) is 2. The maximum atomic E-state index is 12.0. The topological polar surface area (TPSA) is 83.1 Å². The molecule has 1 saturated carbocycles. The predicted molar refractivity (Wildman–Crippen MR) is 98.9 cm³/mol. The summed E-state index contributed by atoms with van der Waals surface area (Å²) in [5.74, 6) is -0.165. The lowest BCUT2D eigenvalue weighted by Crippen LogP contribution is -2.42. The van der Waals surface area contributed by atoms with Crippen LogP contribution >= 0.6 is 0 Å². The van der Waals surface area contributed by atoms with Crippen LogP contribution in [0, 0.1) is 34.5 Å². The third kappa shape index (κ3) is 5.42. The second-order valence-electron chi connectivity index (χ2n) is 8.29. The van der Waals surface area contributed by atoms with E-state index >= 15 is 0 Å². The Balaban J connectivity index is 2.72. The maximum Gasteiger partial charge on any atom is 0.336 e. The first-order valence-electron chi connectivity index (χ1n) is 8.84. The van der Waals surface area contributed by atoms with Crippen LogP contribution in [0.2, 0.25) is 18.1 Å². The molecule has 0 spiro atoms. The second kappa shape index (κ2) is 8.65. The fourth-order valence-corrected chi connectivity index (χ4v) is 3.97. The molecule has 0 aromatic heterocycles. The fraction of sp³-hybridized carbons (Fsp3) is 0.737. The van der Waals surface area contributed by atoms with E-state index in [0.717, 1.165) is 32.3 Å². The Kier molecular flexibility index (Phi) is 7.40. The molecule has 0 aromatic carbocycles. The van der Waals surface area contributed by atoms with Crippen LogP contribution in [0.25, 0.3) is 0 Å². The van der Waals surface area contributed by atoms with Crippen molar-refractivity contribution in [2.45, 2.75) is 64.6 Å². The van der Waals surface area contributed by atoms with E-state index in [-0.39, 0.29) is 22.1 Å². The molecule has 1 rings (SSSR count).